The highest BCUT2D eigenvalue weighted by molar-refractivity contribution is 5.89. The first-order valence-corrected chi connectivity index (χ1v) is 8.15. The average molecular weight is 330 g/mol. The van der Waals surface area contributed by atoms with Gasteiger partial charge >= 0.3 is 6.03 Å². The van der Waals surface area contributed by atoms with Crippen LogP contribution in [-0.2, 0) is 0 Å². The molecule has 0 saturated carbocycles. The SMILES string of the molecule is C#Cc1cccc(NC(=O)N(C)CC(O)CN2CCN(C)CC2)c1. The molecule has 2 amide bonds. The number of piperazine rings is 1. The summed E-state index contributed by atoms with van der Waals surface area (Å²) in [5.74, 6) is 2.54. The first kappa shape index (κ1) is 18.3. The highest BCUT2D eigenvalue weighted by atomic mass is 16.3. The second-order valence-corrected chi connectivity index (χ2v) is 6.29. The second-order valence-electron chi connectivity index (χ2n) is 6.29. The van der Waals surface area contributed by atoms with Crippen molar-refractivity contribution in [3.63, 3.8) is 0 Å². The summed E-state index contributed by atoms with van der Waals surface area (Å²) in [4.78, 5) is 18.2. The molecule has 1 saturated heterocycles. The zero-order valence-corrected chi connectivity index (χ0v) is 14.4. The molecule has 0 aliphatic carbocycles. The summed E-state index contributed by atoms with van der Waals surface area (Å²) < 4.78 is 0. The van der Waals surface area contributed by atoms with Crippen molar-refractivity contribution < 1.29 is 9.90 Å². The standard InChI is InChI=1S/C18H26N4O2/c1-4-15-6-5-7-16(12-15)19-18(24)21(3)13-17(23)14-22-10-8-20(2)9-11-22/h1,5-7,12,17,23H,8-11,13-14H2,2-3H3,(H,19,24). The molecule has 0 spiro atoms. The Morgan fingerprint density at radius 1 is 1.42 bits per heavy atom. The number of urea groups is 1. The summed E-state index contributed by atoms with van der Waals surface area (Å²) in [6, 6.07) is 6.87. The topological polar surface area (TPSA) is 59.1 Å². The van der Waals surface area contributed by atoms with Crippen LogP contribution in [0.15, 0.2) is 24.3 Å². The van der Waals surface area contributed by atoms with Crippen molar-refractivity contribution >= 4 is 11.7 Å². The van der Waals surface area contributed by atoms with Crippen molar-refractivity contribution in [2.45, 2.75) is 6.10 Å². The summed E-state index contributed by atoms with van der Waals surface area (Å²) >= 11 is 0. The van der Waals surface area contributed by atoms with Crippen molar-refractivity contribution in [1.29, 1.82) is 0 Å². The number of nitrogens with one attached hydrogen (secondary N) is 1. The first-order valence-electron chi connectivity index (χ1n) is 8.15. The Bertz CT molecular complexity index is 591. The van der Waals surface area contributed by atoms with Crippen LogP contribution < -0.4 is 5.32 Å². The van der Waals surface area contributed by atoms with Crippen LogP contribution in [-0.4, -0.2) is 85.3 Å². The van der Waals surface area contributed by atoms with E-state index >= 15 is 0 Å². The van der Waals surface area contributed by atoms with Gasteiger partial charge in [0.1, 0.15) is 0 Å². The number of hydrogen-bond acceptors (Lipinski definition) is 4. The molecule has 0 aromatic heterocycles. The van der Waals surface area contributed by atoms with Crippen LogP contribution in [0.5, 0.6) is 0 Å². The maximum absolute atomic E-state index is 12.2. The van der Waals surface area contributed by atoms with E-state index in [0.29, 0.717) is 17.8 Å². The summed E-state index contributed by atoms with van der Waals surface area (Å²) in [7, 11) is 3.77. The van der Waals surface area contributed by atoms with Crippen LogP contribution in [0.1, 0.15) is 5.56 Å². The molecule has 2 N–H and O–H groups in total. The van der Waals surface area contributed by atoms with Gasteiger partial charge in [0.2, 0.25) is 0 Å². The molecule has 1 aromatic rings. The van der Waals surface area contributed by atoms with E-state index in [1.807, 2.05) is 0 Å². The van der Waals surface area contributed by atoms with Gasteiger partial charge in [-0.05, 0) is 25.2 Å². The molecule has 24 heavy (non-hydrogen) atoms. The predicted octanol–water partition coefficient (Wildman–Crippen LogP) is 0.740. The predicted molar refractivity (Wildman–Crippen MR) is 96.0 cm³/mol. The molecule has 130 valence electrons. The van der Waals surface area contributed by atoms with Gasteiger partial charge in [0.05, 0.1) is 6.10 Å². The van der Waals surface area contributed by atoms with Crippen molar-refractivity contribution in [3.05, 3.63) is 29.8 Å². The van der Waals surface area contributed by atoms with E-state index in [-0.39, 0.29) is 12.6 Å². The molecule has 6 heteroatoms. The number of β-amino-alcohol motifs (C(OH)–C–C–N with tert-alkyl or cyclic N) is 1. The maximum atomic E-state index is 12.2. The molecule has 1 fully saturated rings. The Kier molecular flexibility index (Phi) is 6.62. The van der Waals surface area contributed by atoms with Crippen LogP contribution in [0.2, 0.25) is 0 Å². The quantitative estimate of drug-likeness (QED) is 0.782. The Hall–Kier alpha value is -2.07. The number of hydrogen-bond donors (Lipinski definition) is 2. The fourth-order valence-electron chi connectivity index (χ4n) is 2.69. The molecule has 2 rings (SSSR count). The van der Waals surface area contributed by atoms with Gasteiger partial charge in [0.25, 0.3) is 0 Å². The van der Waals surface area contributed by atoms with Crippen LogP contribution >= 0.6 is 0 Å². The number of carbonyl (C=O) groups is 1. The molecular weight excluding hydrogens is 304 g/mol. The van der Waals surface area contributed by atoms with Crippen LogP contribution in [0.3, 0.4) is 0 Å². The minimum Gasteiger partial charge on any atom is -0.390 e. The number of aliphatic hydroxyl groups is 1. The summed E-state index contributed by atoms with van der Waals surface area (Å²) in [6.45, 7) is 4.78. The van der Waals surface area contributed by atoms with E-state index in [1.165, 1.54) is 4.90 Å². The average Bonchev–Trinajstić information content (AvgIpc) is 2.57. The van der Waals surface area contributed by atoms with E-state index in [0.717, 1.165) is 26.2 Å². The lowest BCUT2D eigenvalue weighted by Crippen LogP contribution is -2.49. The Labute approximate surface area is 144 Å². The highest BCUT2D eigenvalue weighted by Crippen LogP contribution is 2.10. The lowest BCUT2D eigenvalue weighted by molar-refractivity contribution is 0.0670. The number of rotatable bonds is 5. The van der Waals surface area contributed by atoms with Gasteiger partial charge in [-0.3, -0.25) is 4.90 Å². The first-order chi connectivity index (χ1) is 11.5. The monoisotopic (exact) mass is 330 g/mol. The third-order valence-corrected chi connectivity index (χ3v) is 4.18. The van der Waals surface area contributed by atoms with E-state index < -0.39 is 6.10 Å². The van der Waals surface area contributed by atoms with Crippen LogP contribution in [0.25, 0.3) is 0 Å². The smallest absolute Gasteiger partial charge is 0.321 e. The Morgan fingerprint density at radius 2 is 2.12 bits per heavy atom. The zero-order valence-electron chi connectivity index (χ0n) is 14.4. The zero-order chi connectivity index (χ0) is 17.5. The van der Waals surface area contributed by atoms with Crippen LogP contribution in [0.4, 0.5) is 10.5 Å². The molecular formula is C18H26N4O2. The van der Waals surface area contributed by atoms with Crippen molar-refractivity contribution in [3.8, 4) is 12.3 Å². The van der Waals surface area contributed by atoms with Gasteiger partial charge < -0.3 is 20.2 Å². The van der Waals surface area contributed by atoms with Crippen molar-refractivity contribution in [2.75, 3.05) is 58.7 Å². The summed E-state index contributed by atoms with van der Waals surface area (Å²) in [5, 5.41) is 13.0. The normalized spacial score (nSPS) is 17.1. The highest BCUT2D eigenvalue weighted by Gasteiger charge is 2.19. The number of nitrogens with zero attached hydrogens (tertiary/aromatic N) is 3. The van der Waals surface area contributed by atoms with Gasteiger partial charge in [-0.15, -0.1) is 6.42 Å². The number of carbonyl (C=O) groups excluding carboxylic acids is 1. The summed E-state index contributed by atoms with van der Waals surface area (Å²) in [6.07, 6.45) is 4.79. The molecule has 0 bridgehead atoms. The molecule has 0 radical (unpaired) electrons. The molecule has 6 nitrogen and oxygen atoms in total. The lowest BCUT2D eigenvalue weighted by atomic mass is 10.2. The van der Waals surface area contributed by atoms with Gasteiger partial charge in [-0.1, -0.05) is 12.0 Å². The van der Waals surface area contributed by atoms with Gasteiger partial charge in [0, 0.05) is 57.6 Å². The number of aliphatic hydroxyl groups excluding tert-OH is 1. The van der Waals surface area contributed by atoms with Crippen molar-refractivity contribution in [1.82, 2.24) is 14.7 Å². The molecule has 1 aromatic carbocycles. The van der Waals surface area contributed by atoms with Gasteiger partial charge in [-0.2, -0.15) is 0 Å². The largest absolute Gasteiger partial charge is 0.390 e. The fourth-order valence-corrected chi connectivity index (χ4v) is 2.69. The molecule has 1 heterocycles. The number of likely N-dealkylation sites (N-methyl/N-ethyl adjacent to an activating group) is 2. The Balaban J connectivity index is 1.79. The second kappa shape index (κ2) is 8.69. The van der Waals surface area contributed by atoms with E-state index in [2.05, 4.69) is 28.1 Å². The number of amides is 2. The fraction of sp³-hybridized carbons (Fsp3) is 0.500. The molecule has 1 atom stereocenters. The Morgan fingerprint density at radius 3 is 2.79 bits per heavy atom. The lowest BCUT2D eigenvalue weighted by Gasteiger charge is -2.34. The minimum atomic E-state index is -0.568. The molecule has 1 aliphatic heterocycles. The van der Waals surface area contributed by atoms with Crippen molar-refractivity contribution in [2.24, 2.45) is 0 Å². The van der Waals surface area contributed by atoms with Crippen LogP contribution in [0, 0.1) is 12.3 Å². The van der Waals surface area contributed by atoms with Gasteiger partial charge in [0.15, 0.2) is 0 Å². The maximum Gasteiger partial charge on any atom is 0.321 e. The minimum absolute atomic E-state index is 0.262. The summed E-state index contributed by atoms with van der Waals surface area (Å²) in [5.41, 5.74) is 1.36. The number of benzene rings is 1. The number of terminal acetylenes is 1. The van der Waals surface area contributed by atoms with E-state index in [1.54, 1.807) is 31.3 Å². The van der Waals surface area contributed by atoms with E-state index in [4.69, 9.17) is 6.42 Å². The molecule has 1 aliphatic rings. The third-order valence-electron chi connectivity index (χ3n) is 4.18. The van der Waals surface area contributed by atoms with Gasteiger partial charge in [-0.25, -0.2) is 4.79 Å². The van der Waals surface area contributed by atoms with E-state index in [9.17, 15) is 9.90 Å². The molecule has 1 unspecified atom stereocenters. The number of anilines is 1. The third kappa shape index (κ3) is 5.53.